The van der Waals surface area contributed by atoms with Gasteiger partial charge in [0.05, 0.1) is 11.4 Å². The molecule has 5 N–H and O–H groups in total. The second-order valence-electron chi connectivity index (χ2n) is 9.91. The van der Waals surface area contributed by atoms with Crippen molar-refractivity contribution in [2.45, 2.75) is 25.9 Å². The molecule has 37 heavy (non-hydrogen) atoms. The van der Waals surface area contributed by atoms with Crippen LogP contribution in [0.1, 0.15) is 24.0 Å². The Balaban J connectivity index is 1.59. The molecule has 1 saturated heterocycles. The van der Waals surface area contributed by atoms with Gasteiger partial charge in [-0.25, -0.2) is 0 Å². The molecule has 0 saturated carbocycles. The zero-order chi connectivity index (χ0) is 26.2. The van der Waals surface area contributed by atoms with E-state index in [4.69, 9.17) is 11.5 Å². The van der Waals surface area contributed by atoms with Gasteiger partial charge in [-0.3, -0.25) is 4.90 Å². The Morgan fingerprint density at radius 3 is 2.54 bits per heavy atom. The lowest BCUT2D eigenvalue weighted by Crippen LogP contribution is -2.43. The Hall–Kier alpha value is -3.46. The topological polar surface area (TPSA) is 108 Å². The van der Waals surface area contributed by atoms with Gasteiger partial charge in [-0.2, -0.15) is 0 Å². The molecule has 1 aliphatic rings. The number of benzene rings is 2. The molecule has 0 radical (unpaired) electrons. The van der Waals surface area contributed by atoms with Crippen molar-refractivity contribution in [1.82, 2.24) is 20.0 Å². The van der Waals surface area contributed by atoms with Gasteiger partial charge < -0.3 is 26.4 Å². The SMILES string of the molecule is C=C(CCCN)CN(Cc1cccc(CN2CCN(C)CC2)c1)c1cc(-c2ccccc2O)nnc1N. The van der Waals surface area contributed by atoms with Gasteiger partial charge in [0.1, 0.15) is 5.75 Å². The predicted molar refractivity (Wildman–Crippen MR) is 151 cm³/mol. The fourth-order valence-electron chi connectivity index (χ4n) is 4.70. The van der Waals surface area contributed by atoms with Gasteiger partial charge in [0, 0.05) is 51.4 Å². The van der Waals surface area contributed by atoms with Gasteiger partial charge in [-0.1, -0.05) is 48.6 Å². The second kappa shape index (κ2) is 12.7. The minimum atomic E-state index is 0.156. The highest BCUT2D eigenvalue weighted by molar-refractivity contribution is 5.74. The lowest BCUT2D eigenvalue weighted by Gasteiger charge is -2.32. The summed E-state index contributed by atoms with van der Waals surface area (Å²) in [6.07, 6.45) is 1.74. The zero-order valence-corrected chi connectivity index (χ0v) is 21.8. The molecule has 3 aromatic rings. The first kappa shape index (κ1) is 26.6. The molecule has 4 rings (SSSR count). The average molecular weight is 502 g/mol. The maximum atomic E-state index is 10.4. The van der Waals surface area contributed by atoms with Crippen molar-refractivity contribution in [3.05, 3.63) is 77.9 Å². The second-order valence-corrected chi connectivity index (χ2v) is 9.91. The summed E-state index contributed by atoms with van der Waals surface area (Å²) < 4.78 is 0. The van der Waals surface area contributed by atoms with Crippen LogP contribution in [0.25, 0.3) is 11.3 Å². The molecule has 0 atom stereocenters. The van der Waals surface area contributed by atoms with Crippen LogP contribution in [0.4, 0.5) is 11.5 Å². The molecule has 196 valence electrons. The van der Waals surface area contributed by atoms with Crippen LogP contribution in [-0.2, 0) is 13.1 Å². The highest BCUT2D eigenvalue weighted by Crippen LogP contribution is 2.32. The van der Waals surface area contributed by atoms with Gasteiger partial charge in [-0.05, 0) is 55.8 Å². The summed E-state index contributed by atoms with van der Waals surface area (Å²) in [6.45, 7) is 11.5. The van der Waals surface area contributed by atoms with Crippen LogP contribution in [0.3, 0.4) is 0 Å². The molecular weight excluding hydrogens is 462 g/mol. The number of aromatic hydroxyl groups is 1. The smallest absolute Gasteiger partial charge is 0.169 e. The minimum absolute atomic E-state index is 0.156. The van der Waals surface area contributed by atoms with Crippen molar-refractivity contribution < 1.29 is 5.11 Å². The largest absolute Gasteiger partial charge is 0.507 e. The Labute approximate surface area is 220 Å². The number of anilines is 2. The summed E-state index contributed by atoms with van der Waals surface area (Å²) in [5, 5.41) is 18.9. The van der Waals surface area contributed by atoms with Gasteiger partial charge in [0.2, 0.25) is 0 Å². The number of piperazine rings is 1. The monoisotopic (exact) mass is 501 g/mol. The van der Waals surface area contributed by atoms with E-state index in [9.17, 15) is 5.11 Å². The average Bonchev–Trinajstić information content (AvgIpc) is 2.89. The van der Waals surface area contributed by atoms with E-state index in [1.807, 2.05) is 18.2 Å². The third kappa shape index (κ3) is 7.29. The van der Waals surface area contributed by atoms with E-state index in [0.717, 1.165) is 56.8 Å². The van der Waals surface area contributed by atoms with E-state index in [-0.39, 0.29) is 5.75 Å². The molecule has 8 nitrogen and oxygen atoms in total. The number of nitrogens with two attached hydrogens (primary N) is 2. The highest BCUT2D eigenvalue weighted by atomic mass is 16.3. The first-order valence-corrected chi connectivity index (χ1v) is 12.9. The summed E-state index contributed by atoms with van der Waals surface area (Å²) in [5.41, 5.74) is 17.6. The van der Waals surface area contributed by atoms with Crippen LogP contribution in [0.5, 0.6) is 5.75 Å². The molecule has 2 aromatic carbocycles. The predicted octanol–water partition coefficient (Wildman–Crippen LogP) is 3.48. The third-order valence-electron chi connectivity index (χ3n) is 6.84. The van der Waals surface area contributed by atoms with Crippen LogP contribution in [0, 0.1) is 0 Å². The van der Waals surface area contributed by atoms with E-state index in [2.05, 4.69) is 62.8 Å². The third-order valence-corrected chi connectivity index (χ3v) is 6.84. The summed E-state index contributed by atoms with van der Waals surface area (Å²) >= 11 is 0. The Morgan fingerprint density at radius 2 is 1.78 bits per heavy atom. The molecular formula is C29H39N7O. The fourth-order valence-corrected chi connectivity index (χ4v) is 4.70. The number of nitrogen functional groups attached to an aromatic ring is 1. The van der Waals surface area contributed by atoms with Crippen molar-refractivity contribution in [2.24, 2.45) is 5.73 Å². The van der Waals surface area contributed by atoms with E-state index < -0.39 is 0 Å². The van der Waals surface area contributed by atoms with Crippen molar-refractivity contribution in [2.75, 3.05) is 56.9 Å². The Morgan fingerprint density at radius 1 is 1.03 bits per heavy atom. The lowest BCUT2D eigenvalue weighted by molar-refractivity contribution is 0.148. The molecule has 0 amide bonds. The molecule has 1 aliphatic heterocycles. The van der Waals surface area contributed by atoms with E-state index >= 15 is 0 Å². The molecule has 1 aromatic heterocycles. The van der Waals surface area contributed by atoms with Crippen molar-refractivity contribution >= 4 is 11.5 Å². The number of hydrogen-bond donors (Lipinski definition) is 3. The molecule has 2 heterocycles. The molecule has 0 bridgehead atoms. The van der Waals surface area contributed by atoms with Gasteiger partial charge >= 0.3 is 0 Å². The van der Waals surface area contributed by atoms with Crippen LogP contribution in [0.15, 0.2) is 66.7 Å². The number of aromatic nitrogens is 2. The Kier molecular flexibility index (Phi) is 9.11. The number of nitrogens with zero attached hydrogens (tertiary/aromatic N) is 5. The summed E-state index contributed by atoms with van der Waals surface area (Å²) in [4.78, 5) is 7.08. The van der Waals surface area contributed by atoms with Crippen LogP contribution < -0.4 is 16.4 Å². The molecule has 1 fully saturated rings. The van der Waals surface area contributed by atoms with Gasteiger partial charge in [0.15, 0.2) is 5.82 Å². The van der Waals surface area contributed by atoms with Crippen LogP contribution in [-0.4, -0.2) is 71.4 Å². The van der Waals surface area contributed by atoms with Crippen molar-refractivity contribution in [3.8, 4) is 17.0 Å². The number of phenolic OH excluding ortho intramolecular Hbond substituents is 1. The molecule has 0 aliphatic carbocycles. The van der Waals surface area contributed by atoms with E-state index in [0.29, 0.717) is 36.7 Å². The number of rotatable bonds is 11. The normalized spacial score (nSPS) is 14.5. The van der Waals surface area contributed by atoms with Crippen LogP contribution in [0.2, 0.25) is 0 Å². The molecule has 0 unspecified atom stereocenters. The first-order valence-electron chi connectivity index (χ1n) is 12.9. The quantitative estimate of drug-likeness (QED) is 0.343. The molecule has 8 heteroatoms. The minimum Gasteiger partial charge on any atom is -0.507 e. The number of para-hydroxylation sites is 1. The zero-order valence-electron chi connectivity index (χ0n) is 21.8. The highest BCUT2D eigenvalue weighted by Gasteiger charge is 2.18. The van der Waals surface area contributed by atoms with Gasteiger partial charge in [-0.15, -0.1) is 10.2 Å². The number of likely N-dealkylation sites (N-methyl/N-ethyl adjacent to an activating group) is 1. The maximum absolute atomic E-state index is 10.4. The lowest BCUT2D eigenvalue weighted by atomic mass is 10.1. The van der Waals surface area contributed by atoms with Gasteiger partial charge in [0.25, 0.3) is 0 Å². The number of phenols is 1. The standard InChI is InChI=1S/C29H39N7O/c1-22(7-6-12-30)19-36(27-18-26(32-33-29(27)31)25-10-3-4-11-28(25)37)21-24-9-5-8-23(17-24)20-35-15-13-34(2)14-16-35/h3-5,8-11,17-18,37H,1,6-7,12-16,19-21,30H2,2H3,(H2,31,33). The summed E-state index contributed by atoms with van der Waals surface area (Å²) in [5.74, 6) is 0.502. The maximum Gasteiger partial charge on any atom is 0.169 e. The molecule has 0 spiro atoms. The van der Waals surface area contributed by atoms with E-state index in [1.54, 1.807) is 12.1 Å². The fraction of sp³-hybridized carbons (Fsp3) is 0.379. The summed E-state index contributed by atoms with van der Waals surface area (Å²) in [7, 11) is 2.18. The number of hydrogen-bond acceptors (Lipinski definition) is 8. The summed E-state index contributed by atoms with van der Waals surface area (Å²) in [6, 6.07) is 17.8. The Bertz CT molecular complexity index is 1190. The van der Waals surface area contributed by atoms with Crippen molar-refractivity contribution in [1.29, 1.82) is 0 Å². The van der Waals surface area contributed by atoms with E-state index in [1.165, 1.54) is 11.1 Å². The first-order chi connectivity index (χ1) is 17.9. The van der Waals surface area contributed by atoms with Crippen molar-refractivity contribution in [3.63, 3.8) is 0 Å². The van der Waals surface area contributed by atoms with Crippen LogP contribution >= 0.6 is 0 Å².